The highest BCUT2D eigenvalue weighted by Gasteiger charge is 2.24. The van der Waals surface area contributed by atoms with Crippen molar-refractivity contribution in [1.82, 2.24) is 4.57 Å². The molecule has 1 aromatic heterocycles. The average Bonchev–Trinajstić information content (AvgIpc) is 2.81. The second kappa shape index (κ2) is 9.21. The normalized spacial score (nSPS) is 11.5. The van der Waals surface area contributed by atoms with Crippen molar-refractivity contribution in [1.29, 1.82) is 0 Å². The van der Waals surface area contributed by atoms with Crippen LogP contribution in [0.5, 0.6) is 0 Å². The second-order valence-corrected chi connectivity index (χ2v) is 9.88. The number of hydrogen-bond acceptors (Lipinski definition) is 4. The minimum absolute atomic E-state index is 0.0460. The number of halogens is 1. The molecule has 0 atom stereocenters. The third kappa shape index (κ3) is 4.69. The fourth-order valence-electron chi connectivity index (χ4n) is 3.58. The first-order chi connectivity index (χ1) is 15.8. The molecule has 0 aliphatic carbocycles. The Balaban J connectivity index is 1.85. The van der Waals surface area contributed by atoms with Crippen LogP contribution in [0, 0.1) is 0 Å². The highest BCUT2D eigenvalue weighted by Crippen LogP contribution is 2.23. The summed E-state index contributed by atoms with van der Waals surface area (Å²) in [5, 5.41) is 3.42. The van der Waals surface area contributed by atoms with Crippen molar-refractivity contribution in [2.45, 2.75) is 29.7 Å². The maximum absolute atomic E-state index is 13.3. The molecular formula is C25H21ClN2O4S. The molecule has 6 nitrogen and oxygen atoms in total. The quantitative estimate of drug-likeness (QED) is 0.434. The number of hydrogen-bond donors (Lipinski definition) is 1. The minimum Gasteiger partial charge on any atom is -0.336 e. The van der Waals surface area contributed by atoms with Gasteiger partial charge < -0.3 is 9.88 Å². The van der Waals surface area contributed by atoms with Crippen LogP contribution in [0.3, 0.4) is 0 Å². The molecule has 0 bridgehead atoms. The maximum atomic E-state index is 13.3. The van der Waals surface area contributed by atoms with E-state index in [0.29, 0.717) is 22.6 Å². The number of sulfone groups is 1. The summed E-state index contributed by atoms with van der Waals surface area (Å²) in [6.45, 7) is 1.78. The monoisotopic (exact) mass is 480 g/mol. The van der Waals surface area contributed by atoms with Gasteiger partial charge in [0.2, 0.25) is 21.2 Å². The summed E-state index contributed by atoms with van der Waals surface area (Å²) < 4.78 is 28.2. The van der Waals surface area contributed by atoms with Crippen molar-refractivity contribution in [2.75, 3.05) is 5.32 Å². The third-order valence-corrected chi connectivity index (χ3v) is 7.32. The molecule has 1 amide bonds. The lowest BCUT2D eigenvalue weighted by molar-refractivity contribution is -0.116. The Hall–Kier alpha value is -3.42. The van der Waals surface area contributed by atoms with E-state index in [-0.39, 0.29) is 22.7 Å². The zero-order valence-electron chi connectivity index (χ0n) is 17.8. The molecule has 0 spiro atoms. The van der Waals surface area contributed by atoms with Crippen molar-refractivity contribution in [3.63, 3.8) is 0 Å². The molecule has 0 saturated heterocycles. The third-order valence-electron chi connectivity index (χ3n) is 5.31. The lowest BCUT2D eigenvalue weighted by atomic mass is 10.1. The standard InChI is InChI=1S/C25H21ClN2O4S/c1-2-17-8-13-22-21(14-17)25(30)23(33(31,32)20-11-9-18(26)10-12-20)15-28(22)16-24(29)27-19-6-4-3-5-7-19/h3-15H,2,16H2,1H3,(H,27,29). The van der Waals surface area contributed by atoms with E-state index in [2.05, 4.69) is 5.32 Å². The van der Waals surface area contributed by atoms with Crippen LogP contribution in [0.2, 0.25) is 5.02 Å². The topological polar surface area (TPSA) is 85.2 Å². The summed E-state index contributed by atoms with van der Waals surface area (Å²) in [7, 11) is -4.14. The summed E-state index contributed by atoms with van der Waals surface area (Å²) in [5.41, 5.74) is 1.39. The van der Waals surface area contributed by atoms with Crippen molar-refractivity contribution < 1.29 is 13.2 Å². The number of rotatable bonds is 6. The summed E-state index contributed by atoms with van der Waals surface area (Å²) in [4.78, 5) is 25.6. The van der Waals surface area contributed by atoms with Gasteiger partial charge in [-0.2, -0.15) is 0 Å². The summed E-state index contributed by atoms with van der Waals surface area (Å²) >= 11 is 5.89. The van der Waals surface area contributed by atoms with Crippen LogP contribution in [0.25, 0.3) is 10.9 Å². The van der Waals surface area contributed by atoms with E-state index in [1.165, 1.54) is 35.0 Å². The van der Waals surface area contributed by atoms with Crippen LogP contribution in [0.4, 0.5) is 5.69 Å². The van der Waals surface area contributed by atoms with Gasteiger partial charge in [0.25, 0.3) is 0 Å². The van der Waals surface area contributed by atoms with Crippen molar-refractivity contribution in [3.8, 4) is 0 Å². The highest BCUT2D eigenvalue weighted by molar-refractivity contribution is 7.91. The summed E-state index contributed by atoms with van der Waals surface area (Å²) in [6, 6.07) is 19.9. The van der Waals surface area contributed by atoms with Crippen molar-refractivity contribution in [3.05, 3.63) is 99.8 Å². The molecule has 0 fully saturated rings. The SMILES string of the molecule is CCc1ccc2c(c1)c(=O)c(S(=O)(=O)c1ccc(Cl)cc1)cn2CC(=O)Nc1ccccc1. The van der Waals surface area contributed by atoms with Crippen LogP contribution < -0.4 is 10.7 Å². The molecule has 0 radical (unpaired) electrons. The van der Waals surface area contributed by atoms with Crippen LogP contribution in [-0.4, -0.2) is 18.9 Å². The number of amides is 1. The fraction of sp³-hybridized carbons (Fsp3) is 0.120. The zero-order chi connectivity index (χ0) is 23.6. The molecule has 8 heteroatoms. The Morgan fingerprint density at radius 1 is 1.00 bits per heavy atom. The number of benzene rings is 3. The van der Waals surface area contributed by atoms with Gasteiger partial charge in [0.1, 0.15) is 11.4 Å². The molecule has 3 aromatic carbocycles. The maximum Gasteiger partial charge on any atom is 0.244 e. The molecule has 1 N–H and O–H groups in total. The molecule has 33 heavy (non-hydrogen) atoms. The van der Waals surface area contributed by atoms with Crippen LogP contribution in [0.15, 0.2) is 93.6 Å². The minimum atomic E-state index is -4.14. The first kappa shape index (κ1) is 22.8. The van der Waals surface area contributed by atoms with E-state index in [0.717, 1.165) is 5.56 Å². The Morgan fingerprint density at radius 2 is 1.70 bits per heavy atom. The number of carbonyl (C=O) groups is 1. The van der Waals surface area contributed by atoms with E-state index in [1.54, 1.807) is 36.4 Å². The van der Waals surface area contributed by atoms with Gasteiger partial charge in [0, 0.05) is 22.3 Å². The van der Waals surface area contributed by atoms with Gasteiger partial charge in [-0.15, -0.1) is 0 Å². The Kier molecular flexibility index (Phi) is 6.35. The molecule has 0 saturated carbocycles. The summed E-state index contributed by atoms with van der Waals surface area (Å²) in [5.74, 6) is -0.347. The fourth-order valence-corrected chi connectivity index (χ4v) is 5.07. The van der Waals surface area contributed by atoms with Gasteiger partial charge in [0.15, 0.2) is 0 Å². The number of anilines is 1. The number of carbonyl (C=O) groups excluding carboxylic acids is 1. The predicted molar refractivity (Wildman–Crippen MR) is 130 cm³/mol. The molecule has 1 heterocycles. The molecule has 0 aliphatic heterocycles. The van der Waals surface area contributed by atoms with Gasteiger partial charge >= 0.3 is 0 Å². The van der Waals surface area contributed by atoms with Gasteiger partial charge in [0.05, 0.1) is 10.4 Å². The highest BCUT2D eigenvalue weighted by atomic mass is 35.5. The molecule has 0 aliphatic rings. The first-order valence-electron chi connectivity index (χ1n) is 10.3. The predicted octanol–water partition coefficient (Wildman–Crippen LogP) is 4.69. The number of aryl methyl sites for hydroxylation is 1. The average molecular weight is 481 g/mol. The van der Waals surface area contributed by atoms with Gasteiger partial charge in [-0.3, -0.25) is 9.59 Å². The van der Waals surface area contributed by atoms with Crippen LogP contribution >= 0.6 is 11.6 Å². The van der Waals surface area contributed by atoms with E-state index < -0.39 is 20.2 Å². The van der Waals surface area contributed by atoms with Gasteiger partial charge in [-0.25, -0.2) is 8.42 Å². The number of pyridine rings is 1. The molecule has 0 unspecified atom stereocenters. The Labute approximate surface area is 196 Å². The second-order valence-electron chi connectivity index (χ2n) is 7.53. The van der Waals surface area contributed by atoms with E-state index in [4.69, 9.17) is 11.6 Å². The van der Waals surface area contributed by atoms with Crippen LogP contribution in [-0.2, 0) is 27.6 Å². The summed E-state index contributed by atoms with van der Waals surface area (Å²) in [6.07, 6.45) is 1.92. The molecule has 4 aromatic rings. The smallest absolute Gasteiger partial charge is 0.244 e. The van der Waals surface area contributed by atoms with Crippen LogP contribution in [0.1, 0.15) is 12.5 Å². The van der Waals surface area contributed by atoms with Gasteiger partial charge in [-0.05, 0) is 60.5 Å². The van der Waals surface area contributed by atoms with Gasteiger partial charge in [-0.1, -0.05) is 42.8 Å². The Morgan fingerprint density at radius 3 is 2.36 bits per heavy atom. The zero-order valence-corrected chi connectivity index (χ0v) is 19.4. The van der Waals surface area contributed by atoms with E-state index in [1.807, 2.05) is 19.1 Å². The van der Waals surface area contributed by atoms with E-state index >= 15 is 0 Å². The number of nitrogens with one attached hydrogen (secondary N) is 1. The lowest BCUT2D eigenvalue weighted by Crippen LogP contribution is -2.24. The molecular weight excluding hydrogens is 460 g/mol. The molecule has 168 valence electrons. The number of aromatic nitrogens is 1. The van der Waals surface area contributed by atoms with E-state index in [9.17, 15) is 18.0 Å². The number of fused-ring (bicyclic) bond motifs is 1. The number of para-hydroxylation sites is 1. The van der Waals surface area contributed by atoms with Crippen molar-refractivity contribution in [2.24, 2.45) is 0 Å². The lowest BCUT2D eigenvalue weighted by Gasteiger charge is -2.15. The Bertz CT molecular complexity index is 1500. The number of nitrogens with zero attached hydrogens (tertiary/aromatic N) is 1. The van der Waals surface area contributed by atoms with Crippen molar-refractivity contribution >= 4 is 43.9 Å². The largest absolute Gasteiger partial charge is 0.336 e. The molecule has 4 rings (SSSR count). The first-order valence-corrected chi connectivity index (χ1v) is 12.2.